The zero-order valence-corrected chi connectivity index (χ0v) is 7.68. The normalized spacial score (nSPS) is 9.33. The third-order valence-corrected chi connectivity index (χ3v) is 1.84. The molecule has 2 nitrogen and oxygen atoms in total. The van der Waals surface area contributed by atoms with Gasteiger partial charge in [-0.2, -0.15) is 0 Å². The number of carboxylic acids is 1. The topological polar surface area (TPSA) is 37.3 Å². The fraction of sp³-hybridized carbons (Fsp3) is 0.500. The van der Waals surface area contributed by atoms with Gasteiger partial charge < -0.3 is 5.11 Å². The molecule has 0 aromatic carbocycles. The Bertz CT molecular complexity index is 120. The maximum atomic E-state index is 10.1. The van der Waals surface area contributed by atoms with Crippen LogP contribution < -0.4 is 0 Å². The van der Waals surface area contributed by atoms with Gasteiger partial charge in [0.15, 0.2) is 0 Å². The van der Waals surface area contributed by atoms with E-state index < -0.39 is 5.97 Å². The molecule has 0 amide bonds. The molecule has 0 aliphatic rings. The molecular weight excluding hydrogens is 132 g/mol. The molecule has 0 heterocycles. The summed E-state index contributed by atoms with van der Waals surface area (Å²) in [6.07, 6.45) is 1.64. The number of carboxylic acid groups (broad SMARTS) is 1. The van der Waals surface area contributed by atoms with Crippen LogP contribution in [0.15, 0.2) is 12.2 Å². The Morgan fingerprint density at radius 3 is 2.56 bits per heavy atom. The Balaban J connectivity index is 3.39. The number of hydrogen-bond donors (Lipinski definition) is 1. The highest BCUT2D eigenvalue weighted by molar-refractivity contribution is 6.08. The van der Waals surface area contributed by atoms with Gasteiger partial charge >= 0.3 is 5.97 Å². The standard InChI is InChI=1S/C6H12O2Si/c1-5(6(7)8)3-2-4-9/h1-4H2,9H3,(H,7,8). The molecule has 0 atom stereocenters. The first kappa shape index (κ1) is 8.43. The zero-order valence-electron chi connectivity index (χ0n) is 5.68. The highest BCUT2D eigenvalue weighted by Gasteiger charge is 2.00. The van der Waals surface area contributed by atoms with Gasteiger partial charge in [-0.25, -0.2) is 4.79 Å². The average Bonchev–Trinajstić information content (AvgIpc) is 1.82. The molecule has 0 spiro atoms. The van der Waals surface area contributed by atoms with Crippen LogP contribution in [0.1, 0.15) is 12.8 Å². The first-order valence-corrected chi connectivity index (χ1v) is 4.51. The molecule has 0 fully saturated rings. The highest BCUT2D eigenvalue weighted by Crippen LogP contribution is 2.03. The predicted molar refractivity (Wildman–Crippen MR) is 40.8 cm³/mol. The van der Waals surface area contributed by atoms with Crippen molar-refractivity contribution in [2.24, 2.45) is 0 Å². The lowest BCUT2D eigenvalue weighted by atomic mass is 10.2. The summed E-state index contributed by atoms with van der Waals surface area (Å²) < 4.78 is 0. The van der Waals surface area contributed by atoms with Gasteiger partial charge in [0.2, 0.25) is 0 Å². The Morgan fingerprint density at radius 2 is 2.22 bits per heavy atom. The summed E-state index contributed by atoms with van der Waals surface area (Å²) in [5.41, 5.74) is 0.339. The molecule has 0 aliphatic heterocycles. The van der Waals surface area contributed by atoms with Gasteiger partial charge in [-0.15, -0.1) is 0 Å². The number of carbonyl (C=O) groups is 1. The molecule has 0 aromatic rings. The Hall–Kier alpha value is -0.573. The largest absolute Gasteiger partial charge is 0.478 e. The second-order valence-electron chi connectivity index (χ2n) is 2.01. The van der Waals surface area contributed by atoms with Crippen molar-refractivity contribution >= 4 is 16.2 Å². The van der Waals surface area contributed by atoms with Crippen molar-refractivity contribution in [3.63, 3.8) is 0 Å². The fourth-order valence-corrected chi connectivity index (χ4v) is 0.851. The maximum Gasteiger partial charge on any atom is 0.330 e. The van der Waals surface area contributed by atoms with Crippen LogP contribution in [0.2, 0.25) is 6.04 Å². The molecule has 0 aliphatic carbocycles. The summed E-state index contributed by atoms with van der Waals surface area (Å²) in [6.45, 7) is 3.41. The Kier molecular flexibility index (Phi) is 4.04. The van der Waals surface area contributed by atoms with E-state index in [4.69, 9.17) is 5.11 Å². The van der Waals surface area contributed by atoms with Crippen LogP contribution in [0.25, 0.3) is 0 Å². The summed E-state index contributed by atoms with van der Waals surface area (Å²) in [6, 6.07) is 1.16. The van der Waals surface area contributed by atoms with E-state index >= 15 is 0 Å². The smallest absolute Gasteiger partial charge is 0.330 e. The lowest BCUT2D eigenvalue weighted by molar-refractivity contribution is -0.132. The quantitative estimate of drug-likeness (QED) is 0.452. The second-order valence-corrected chi connectivity index (χ2v) is 3.01. The summed E-state index contributed by atoms with van der Waals surface area (Å²) in [4.78, 5) is 10.1. The molecule has 0 rings (SSSR count). The molecule has 52 valence electrons. The van der Waals surface area contributed by atoms with E-state index in [1.165, 1.54) is 0 Å². The van der Waals surface area contributed by atoms with E-state index in [1.54, 1.807) is 0 Å². The third-order valence-electron chi connectivity index (χ3n) is 1.13. The summed E-state index contributed by atoms with van der Waals surface area (Å²) in [5, 5.41) is 8.32. The molecule has 0 bridgehead atoms. The van der Waals surface area contributed by atoms with Gasteiger partial charge in [0.05, 0.1) is 0 Å². The van der Waals surface area contributed by atoms with E-state index in [2.05, 4.69) is 6.58 Å². The lowest BCUT2D eigenvalue weighted by Crippen LogP contribution is -1.97. The van der Waals surface area contributed by atoms with Gasteiger partial charge in [0.1, 0.15) is 0 Å². The SMILES string of the molecule is C=C(CCC[SiH3])C(=O)O. The van der Waals surface area contributed by atoms with Crippen molar-refractivity contribution in [2.45, 2.75) is 18.9 Å². The van der Waals surface area contributed by atoms with Gasteiger partial charge in [0, 0.05) is 15.8 Å². The van der Waals surface area contributed by atoms with Crippen LogP contribution in [0.5, 0.6) is 0 Å². The molecule has 0 radical (unpaired) electrons. The predicted octanol–water partition coefficient (Wildman–Crippen LogP) is 0.191. The van der Waals surface area contributed by atoms with Crippen molar-refractivity contribution in [1.29, 1.82) is 0 Å². The van der Waals surface area contributed by atoms with E-state index in [-0.39, 0.29) is 0 Å². The van der Waals surface area contributed by atoms with Crippen molar-refractivity contribution in [3.05, 3.63) is 12.2 Å². The van der Waals surface area contributed by atoms with Crippen LogP contribution in [-0.4, -0.2) is 21.3 Å². The van der Waals surface area contributed by atoms with Crippen molar-refractivity contribution in [1.82, 2.24) is 0 Å². The van der Waals surface area contributed by atoms with E-state index in [0.717, 1.165) is 22.7 Å². The lowest BCUT2D eigenvalue weighted by Gasteiger charge is -1.95. The van der Waals surface area contributed by atoms with Gasteiger partial charge in [-0.3, -0.25) is 0 Å². The van der Waals surface area contributed by atoms with Gasteiger partial charge in [0.25, 0.3) is 0 Å². The molecule has 1 N–H and O–H groups in total. The minimum atomic E-state index is -0.856. The average molecular weight is 144 g/mol. The number of aliphatic carboxylic acids is 1. The van der Waals surface area contributed by atoms with E-state index in [9.17, 15) is 4.79 Å². The molecule has 0 saturated heterocycles. The van der Waals surface area contributed by atoms with Gasteiger partial charge in [-0.1, -0.05) is 19.0 Å². The van der Waals surface area contributed by atoms with Crippen LogP contribution in [0.3, 0.4) is 0 Å². The number of rotatable bonds is 4. The van der Waals surface area contributed by atoms with Gasteiger partial charge in [-0.05, 0) is 6.42 Å². The monoisotopic (exact) mass is 144 g/mol. The summed E-state index contributed by atoms with van der Waals surface area (Å²) in [7, 11) is 1.16. The molecule has 9 heavy (non-hydrogen) atoms. The highest BCUT2D eigenvalue weighted by atomic mass is 28.1. The summed E-state index contributed by atoms with van der Waals surface area (Å²) in [5.74, 6) is -0.856. The summed E-state index contributed by atoms with van der Waals surface area (Å²) >= 11 is 0. The van der Waals surface area contributed by atoms with Crippen molar-refractivity contribution in [3.8, 4) is 0 Å². The Labute approximate surface area is 58.0 Å². The maximum absolute atomic E-state index is 10.1. The zero-order chi connectivity index (χ0) is 7.28. The van der Waals surface area contributed by atoms with E-state index in [0.29, 0.717) is 12.0 Å². The minimum absolute atomic E-state index is 0.339. The van der Waals surface area contributed by atoms with Crippen LogP contribution in [0.4, 0.5) is 0 Å². The molecular formula is C6H12O2Si. The molecule has 3 heteroatoms. The first-order chi connectivity index (χ1) is 4.18. The molecule has 0 aromatic heterocycles. The molecule has 0 unspecified atom stereocenters. The van der Waals surface area contributed by atoms with E-state index in [1.807, 2.05) is 0 Å². The van der Waals surface area contributed by atoms with Crippen LogP contribution in [0, 0.1) is 0 Å². The first-order valence-electron chi connectivity index (χ1n) is 3.09. The van der Waals surface area contributed by atoms with Crippen molar-refractivity contribution < 1.29 is 9.90 Å². The molecule has 0 saturated carbocycles. The Morgan fingerprint density at radius 1 is 1.67 bits per heavy atom. The third kappa shape index (κ3) is 3.97. The fourth-order valence-electron chi connectivity index (χ4n) is 0.497. The van der Waals surface area contributed by atoms with Crippen LogP contribution in [-0.2, 0) is 4.79 Å². The van der Waals surface area contributed by atoms with Crippen molar-refractivity contribution in [2.75, 3.05) is 0 Å². The van der Waals surface area contributed by atoms with Crippen LogP contribution >= 0.6 is 0 Å². The number of hydrogen-bond acceptors (Lipinski definition) is 1. The minimum Gasteiger partial charge on any atom is -0.478 e. The second kappa shape index (κ2) is 4.32.